The fourth-order valence-electron chi connectivity index (χ4n) is 3.19. The number of para-hydroxylation sites is 1. The van der Waals surface area contributed by atoms with Gasteiger partial charge in [-0.05, 0) is 30.9 Å². The summed E-state index contributed by atoms with van der Waals surface area (Å²) in [5.74, 6) is -1.08. The highest BCUT2D eigenvalue weighted by molar-refractivity contribution is 5.80. The standard InChI is InChI=1S/C15H19NO3/c17-15(18)13-7-8-16(11-4-3-9-19-10-11)14-6-2-1-5-12(13)14/h1-2,5-6,11,13H,3-4,7-10H2,(H,17,18). The van der Waals surface area contributed by atoms with E-state index in [1.807, 2.05) is 24.3 Å². The van der Waals surface area contributed by atoms with Crippen LogP contribution in [0.15, 0.2) is 24.3 Å². The molecule has 4 nitrogen and oxygen atoms in total. The van der Waals surface area contributed by atoms with Crippen molar-refractivity contribution < 1.29 is 14.6 Å². The number of nitrogens with zero attached hydrogens (tertiary/aromatic N) is 1. The normalized spacial score (nSPS) is 26.8. The number of fused-ring (bicyclic) bond motifs is 1. The summed E-state index contributed by atoms with van der Waals surface area (Å²) in [5.41, 5.74) is 2.03. The molecule has 0 radical (unpaired) electrons. The van der Waals surface area contributed by atoms with Crippen LogP contribution in [-0.4, -0.2) is 36.9 Å². The van der Waals surface area contributed by atoms with E-state index in [0.29, 0.717) is 12.5 Å². The molecule has 2 atom stereocenters. The molecule has 1 aromatic carbocycles. The molecule has 4 heteroatoms. The molecule has 0 bridgehead atoms. The molecule has 1 fully saturated rings. The molecule has 2 aliphatic heterocycles. The molecular formula is C15H19NO3. The Morgan fingerprint density at radius 1 is 1.32 bits per heavy atom. The van der Waals surface area contributed by atoms with Gasteiger partial charge in [0.15, 0.2) is 0 Å². The maximum Gasteiger partial charge on any atom is 0.311 e. The first kappa shape index (κ1) is 12.5. The summed E-state index contributed by atoms with van der Waals surface area (Å²) in [6.07, 6.45) is 2.90. The predicted molar refractivity (Wildman–Crippen MR) is 72.6 cm³/mol. The average molecular weight is 261 g/mol. The molecular weight excluding hydrogens is 242 g/mol. The second-order valence-electron chi connectivity index (χ2n) is 5.30. The summed E-state index contributed by atoms with van der Waals surface area (Å²) in [5, 5.41) is 9.34. The smallest absolute Gasteiger partial charge is 0.311 e. The van der Waals surface area contributed by atoms with Gasteiger partial charge in [-0.25, -0.2) is 0 Å². The van der Waals surface area contributed by atoms with Crippen molar-refractivity contribution in [2.24, 2.45) is 0 Å². The van der Waals surface area contributed by atoms with E-state index < -0.39 is 5.97 Å². The Labute approximate surface area is 113 Å². The maximum absolute atomic E-state index is 11.4. The van der Waals surface area contributed by atoms with E-state index in [2.05, 4.69) is 4.90 Å². The van der Waals surface area contributed by atoms with Crippen LogP contribution in [0.2, 0.25) is 0 Å². The van der Waals surface area contributed by atoms with Crippen molar-refractivity contribution >= 4 is 11.7 Å². The van der Waals surface area contributed by atoms with Crippen molar-refractivity contribution in [1.29, 1.82) is 0 Å². The van der Waals surface area contributed by atoms with Gasteiger partial charge in [0.1, 0.15) is 0 Å². The molecule has 1 N–H and O–H groups in total. The van der Waals surface area contributed by atoms with Crippen molar-refractivity contribution in [3.8, 4) is 0 Å². The Kier molecular flexibility index (Phi) is 3.42. The average Bonchev–Trinajstić information content (AvgIpc) is 2.47. The molecule has 1 saturated heterocycles. The summed E-state index contributed by atoms with van der Waals surface area (Å²) >= 11 is 0. The second-order valence-corrected chi connectivity index (χ2v) is 5.30. The number of hydrogen-bond acceptors (Lipinski definition) is 3. The molecule has 3 rings (SSSR count). The molecule has 0 aliphatic carbocycles. The van der Waals surface area contributed by atoms with E-state index in [9.17, 15) is 9.90 Å². The first-order valence-corrected chi connectivity index (χ1v) is 6.93. The molecule has 0 spiro atoms. The lowest BCUT2D eigenvalue weighted by Crippen LogP contribution is -2.45. The number of benzene rings is 1. The molecule has 0 amide bonds. The van der Waals surface area contributed by atoms with Gasteiger partial charge in [-0.1, -0.05) is 18.2 Å². The number of carboxylic acid groups (broad SMARTS) is 1. The Balaban J connectivity index is 1.91. The lowest BCUT2D eigenvalue weighted by molar-refractivity contribution is -0.139. The minimum absolute atomic E-state index is 0.364. The highest BCUT2D eigenvalue weighted by atomic mass is 16.5. The SMILES string of the molecule is O=C(O)C1CCN(C2CCCOC2)c2ccccc21. The van der Waals surface area contributed by atoms with Crippen molar-refractivity contribution in [3.05, 3.63) is 29.8 Å². The number of hydrogen-bond donors (Lipinski definition) is 1. The molecule has 2 heterocycles. The van der Waals surface area contributed by atoms with Gasteiger partial charge in [0.25, 0.3) is 0 Å². The quantitative estimate of drug-likeness (QED) is 0.887. The van der Waals surface area contributed by atoms with Crippen molar-refractivity contribution in [3.63, 3.8) is 0 Å². The fourth-order valence-corrected chi connectivity index (χ4v) is 3.19. The van der Waals surface area contributed by atoms with E-state index in [4.69, 9.17) is 4.74 Å². The first-order chi connectivity index (χ1) is 9.27. The summed E-state index contributed by atoms with van der Waals surface area (Å²) in [6, 6.07) is 8.29. The molecule has 102 valence electrons. The zero-order valence-corrected chi connectivity index (χ0v) is 10.9. The van der Waals surface area contributed by atoms with Crippen LogP contribution < -0.4 is 4.90 Å². The third kappa shape index (κ3) is 2.32. The zero-order chi connectivity index (χ0) is 13.2. The van der Waals surface area contributed by atoms with Crippen molar-refractivity contribution in [1.82, 2.24) is 0 Å². The number of aliphatic carboxylic acids is 1. The van der Waals surface area contributed by atoms with Crippen LogP contribution in [0.5, 0.6) is 0 Å². The zero-order valence-electron chi connectivity index (χ0n) is 10.9. The van der Waals surface area contributed by atoms with Gasteiger partial charge in [0.2, 0.25) is 0 Å². The van der Waals surface area contributed by atoms with E-state index in [1.165, 1.54) is 0 Å². The fraction of sp³-hybridized carbons (Fsp3) is 0.533. The summed E-state index contributed by atoms with van der Waals surface area (Å²) in [4.78, 5) is 13.7. The number of rotatable bonds is 2. The van der Waals surface area contributed by atoms with Gasteiger partial charge in [-0.15, -0.1) is 0 Å². The lowest BCUT2D eigenvalue weighted by Gasteiger charge is -2.41. The molecule has 0 aromatic heterocycles. The van der Waals surface area contributed by atoms with Crippen molar-refractivity contribution in [2.45, 2.75) is 31.2 Å². The van der Waals surface area contributed by atoms with Gasteiger partial charge < -0.3 is 14.7 Å². The maximum atomic E-state index is 11.4. The van der Waals surface area contributed by atoms with E-state index in [1.54, 1.807) is 0 Å². The van der Waals surface area contributed by atoms with Gasteiger partial charge in [-0.2, -0.15) is 0 Å². The van der Waals surface area contributed by atoms with E-state index in [0.717, 1.165) is 43.9 Å². The Morgan fingerprint density at radius 2 is 2.16 bits per heavy atom. The number of carboxylic acids is 1. The summed E-state index contributed by atoms with van der Waals surface area (Å²) in [6.45, 7) is 2.41. The van der Waals surface area contributed by atoms with Crippen LogP contribution >= 0.6 is 0 Å². The van der Waals surface area contributed by atoms with Crippen molar-refractivity contribution in [2.75, 3.05) is 24.7 Å². The topological polar surface area (TPSA) is 49.8 Å². The minimum atomic E-state index is -0.716. The van der Waals surface area contributed by atoms with E-state index >= 15 is 0 Å². The van der Waals surface area contributed by atoms with Gasteiger partial charge in [0, 0.05) is 18.8 Å². The van der Waals surface area contributed by atoms with Crippen LogP contribution in [-0.2, 0) is 9.53 Å². The second kappa shape index (κ2) is 5.21. The Hall–Kier alpha value is -1.55. The molecule has 1 aromatic rings. The highest BCUT2D eigenvalue weighted by Gasteiger charge is 2.33. The lowest BCUT2D eigenvalue weighted by atomic mass is 9.88. The van der Waals surface area contributed by atoms with Crippen LogP contribution in [0, 0.1) is 0 Å². The molecule has 19 heavy (non-hydrogen) atoms. The number of carbonyl (C=O) groups is 1. The summed E-state index contributed by atoms with van der Waals surface area (Å²) < 4.78 is 5.57. The first-order valence-electron chi connectivity index (χ1n) is 6.93. The largest absolute Gasteiger partial charge is 0.481 e. The minimum Gasteiger partial charge on any atom is -0.481 e. The van der Waals surface area contributed by atoms with Gasteiger partial charge in [0.05, 0.1) is 18.6 Å². The van der Waals surface area contributed by atoms with Crippen LogP contribution in [0.4, 0.5) is 5.69 Å². The Morgan fingerprint density at radius 3 is 2.89 bits per heavy atom. The highest BCUT2D eigenvalue weighted by Crippen LogP contribution is 2.37. The van der Waals surface area contributed by atoms with Crippen LogP contribution in [0.3, 0.4) is 0 Å². The number of ether oxygens (including phenoxy) is 1. The third-order valence-electron chi connectivity index (χ3n) is 4.16. The van der Waals surface area contributed by atoms with E-state index in [-0.39, 0.29) is 5.92 Å². The number of anilines is 1. The molecule has 2 unspecified atom stereocenters. The Bertz CT molecular complexity index is 468. The molecule has 0 saturated carbocycles. The van der Waals surface area contributed by atoms with Gasteiger partial charge in [-0.3, -0.25) is 4.79 Å². The predicted octanol–water partition coefficient (Wildman–Crippen LogP) is 2.24. The van der Waals surface area contributed by atoms with Crippen LogP contribution in [0.1, 0.15) is 30.7 Å². The monoisotopic (exact) mass is 261 g/mol. The van der Waals surface area contributed by atoms with Gasteiger partial charge >= 0.3 is 5.97 Å². The molecule has 2 aliphatic rings. The third-order valence-corrected chi connectivity index (χ3v) is 4.16. The van der Waals surface area contributed by atoms with Crippen LogP contribution in [0.25, 0.3) is 0 Å². The summed E-state index contributed by atoms with van der Waals surface area (Å²) in [7, 11) is 0.